The Bertz CT molecular complexity index is 1040. The lowest BCUT2D eigenvalue weighted by Crippen LogP contribution is -2.58. The summed E-state index contributed by atoms with van der Waals surface area (Å²) >= 11 is 5.94. The molecule has 9 nitrogen and oxygen atoms in total. The van der Waals surface area contributed by atoms with E-state index in [0.29, 0.717) is 30.1 Å². The number of methoxy groups -OCH3 is 1. The Morgan fingerprint density at radius 1 is 1.14 bits per heavy atom. The molecule has 2 aromatic carbocycles. The van der Waals surface area contributed by atoms with E-state index >= 15 is 0 Å². The van der Waals surface area contributed by atoms with Gasteiger partial charge in [-0.15, -0.1) is 0 Å². The number of hydrogen-bond donors (Lipinski definition) is 3. The third kappa shape index (κ3) is 6.88. The first kappa shape index (κ1) is 26.2. The van der Waals surface area contributed by atoms with E-state index in [-0.39, 0.29) is 50.3 Å². The van der Waals surface area contributed by atoms with Crippen molar-refractivity contribution in [2.24, 2.45) is 0 Å². The monoisotopic (exact) mass is 517 g/mol. The van der Waals surface area contributed by atoms with Gasteiger partial charge < -0.3 is 34.9 Å². The summed E-state index contributed by atoms with van der Waals surface area (Å²) in [6, 6.07) is 13.8. The van der Waals surface area contributed by atoms with Gasteiger partial charge in [-0.05, 0) is 43.2 Å². The van der Waals surface area contributed by atoms with Gasteiger partial charge >= 0.3 is 6.03 Å². The van der Waals surface area contributed by atoms with Gasteiger partial charge in [-0.3, -0.25) is 4.79 Å². The molecule has 0 saturated carbocycles. The Labute approximate surface area is 215 Å². The molecule has 0 spiro atoms. The van der Waals surface area contributed by atoms with E-state index in [4.69, 9.17) is 25.8 Å². The Morgan fingerprint density at radius 2 is 1.92 bits per heavy atom. The van der Waals surface area contributed by atoms with Crippen LogP contribution in [0.4, 0.5) is 10.5 Å². The molecule has 2 fully saturated rings. The number of anilines is 1. The number of ether oxygens (including phenoxy) is 3. The normalized spacial score (nSPS) is 24.1. The topological polar surface area (TPSA) is 109 Å². The zero-order chi connectivity index (χ0) is 25.5. The third-order valence-electron chi connectivity index (χ3n) is 6.42. The molecule has 2 aromatic rings. The molecule has 0 aromatic heterocycles. The molecular formula is C26H32ClN3O6. The molecule has 2 saturated heterocycles. The Balaban J connectivity index is 1.35. The van der Waals surface area contributed by atoms with Gasteiger partial charge in [0.25, 0.3) is 0 Å². The zero-order valence-electron chi connectivity index (χ0n) is 20.2. The maximum Gasteiger partial charge on any atom is 0.322 e. The molecular weight excluding hydrogens is 486 g/mol. The maximum atomic E-state index is 13.1. The van der Waals surface area contributed by atoms with Gasteiger partial charge in [0, 0.05) is 22.8 Å². The van der Waals surface area contributed by atoms with Crippen molar-refractivity contribution in [2.75, 3.05) is 32.2 Å². The summed E-state index contributed by atoms with van der Waals surface area (Å²) in [5, 5.41) is 16.7. The molecule has 4 atom stereocenters. The second kappa shape index (κ2) is 12.4. The van der Waals surface area contributed by atoms with Gasteiger partial charge in [-0.1, -0.05) is 29.8 Å². The van der Waals surface area contributed by atoms with Crippen molar-refractivity contribution in [1.29, 1.82) is 0 Å². The van der Waals surface area contributed by atoms with Crippen LogP contribution in [-0.2, 0) is 20.8 Å². The van der Waals surface area contributed by atoms with Crippen LogP contribution >= 0.6 is 11.6 Å². The molecule has 4 rings (SSSR count). The van der Waals surface area contributed by atoms with E-state index in [1.165, 1.54) is 0 Å². The van der Waals surface area contributed by atoms with Gasteiger partial charge in [0.15, 0.2) is 0 Å². The maximum absolute atomic E-state index is 13.1. The molecule has 10 heteroatoms. The fourth-order valence-electron chi connectivity index (χ4n) is 4.62. The lowest BCUT2D eigenvalue weighted by atomic mass is 9.95. The van der Waals surface area contributed by atoms with Gasteiger partial charge in [-0.25, -0.2) is 4.79 Å². The first-order valence-electron chi connectivity index (χ1n) is 12.1. The number of aliphatic hydroxyl groups is 1. The summed E-state index contributed by atoms with van der Waals surface area (Å²) in [7, 11) is 1.60. The van der Waals surface area contributed by atoms with Crippen LogP contribution in [0.5, 0.6) is 5.75 Å². The average molecular weight is 518 g/mol. The number of β-amino-alcohol motifs (C(OH)–C–C–N with tert-alkyl or cyclic N) is 1. The summed E-state index contributed by atoms with van der Waals surface area (Å²) < 4.78 is 17.2. The molecule has 36 heavy (non-hydrogen) atoms. The number of benzene rings is 2. The van der Waals surface area contributed by atoms with E-state index in [9.17, 15) is 14.7 Å². The lowest BCUT2D eigenvalue weighted by Gasteiger charge is -2.44. The molecule has 3 amide bonds. The fraction of sp³-hybridized carbons (Fsp3) is 0.462. The summed E-state index contributed by atoms with van der Waals surface area (Å²) in [5.74, 6) is 0.601. The number of halogens is 1. The van der Waals surface area contributed by atoms with Crippen LogP contribution in [0.15, 0.2) is 48.5 Å². The molecule has 0 unspecified atom stereocenters. The number of nitrogens with one attached hydrogen (secondary N) is 2. The summed E-state index contributed by atoms with van der Waals surface area (Å²) in [5.41, 5.74) is 1.50. The van der Waals surface area contributed by atoms with E-state index in [1.54, 1.807) is 36.3 Å². The minimum atomic E-state index is -0.805. The summed E-state index contributed by atoms with van der Waals surface area (Å²) in [4.78, 5) is 27.4. The Kier molecular flexibility index (Phi) is 9.03. The van der Waals surface area contributed by atoms with Gasteiger partial charge in [0.05, 0.1) is 51.5 Å². The predicted octanol–water partition coefficient (Wildman–Crippen LogP) is 3.20. The Morgan fingerprint density at radius 3 is 2.69 bits per heavy atom. The van der Waals surface area contributed by atoms with E-state index in [2.05, 4.69) is 10.6 Å². The van der Waals surface area contributed by atoms with Crippen molar-refractivity contribution in [3.63, 3.8) is 0 Å². The largest absolute Gasteiger partial charge is 0.496 e. The van der Waals surface area contributed by atoms with Crippen molar-refractivity contribution >= 4 is 29.2 Å². The highest BCUT2D eigenvalue weighted by Crippen LogP contribution is 2.28. The first-order valence-corrected chi connectivity index (χ1v) is 12.4. The van der Waals surface area contributed by atoms with Crippen molar-refractivity contribution in [1.82, 2.24) is 10.2 Å². The highest BCUT2D eigenvalue weighted by Gasteiger charge is 2.40. The third-order valence-corrected chi connectivity index (χ3v) is 6.67. The van der Waals surface area contributed by atoms with Gasteiger partial charge in [0.1, 0.15) is 11.9 Å². The molecule has 2 heterocycles. The number of aliphatic hydroxyl groups excluding tert-OH is 1. The quantitative estimate of drug-likeness (QED) is 0.543. The predicted molar refractivity (Wildman–Crippen MR) is 135 cm³/mol. The Hall–Kier alpha value is -2.85. The van der Waals surface area contributed by atoms with Crippen LogP contribution < -0.4 is 15.4 Å². The number of nitrogens with zero attached hydrogens (tertiary/aromatic N) is 1. The van der Waals surface area contributed by atoms with Crippen LogP contribution in [-0.4, -0.2) is 73.2 Å². The fourth-order valence-corrected chi connectivity index (χ4v) is 4.75. The highest BCUT2D eigenvalue weighted by atomic mass is 35.5. The average Bonchev–Trinajstić information content (AvgIpc) is 2.87. The summed E-state index contributed by atoms with van der Waals surface area (Å²) in [6.45, 7) is 0.808. The minimum absolute atomic E-state index is 0.0986. The highest BCUT2D eigenvalue weighted by molar-refractivity contribution is 6.30. The molecule has 2 aliphatic rings. The van der Waals surface area contributed by atoms with Crippen molar-refractivity contribution in [3.8, 4) is 5.75 Å². The molecule has 0 aliphatic carbocycles. The van der Waals surface area contributed by atoms with Crippen LogP contribution in [0.1, 0.15) is 24.8 Å². The van der Waals surface area contributed by atoms with Crippen LogP contribution in [0, 0.1) is 0 Å². The number of carbonyl (C=O) groups excluding carboxylic acids is 2. The minimum Gasteiger partial charge on any atom is -0.496 e. The smallest absolute Gasteiger partial charge is 0.322 e. The molecule has 0 bridgehead atoms. The number of para-hydroxylation sites is 1. The van der Waals surface area contributed by atoms with Crippen LogP contribution in [0.2, 0.25) is 5.02 Å². The second-order valence-electron chi connectivity index (χ2n) is 9.01. The number of hydrogen-bond acceptors (Lipinski definition) is 6. The molecule has 3 N–H and O–H groups in total. The van der Waals surface area contributed by atoms with E-state index < -0.39 is 12.2 Å². The van der Waals surface area contributed by atoms with Crippen LogP contribution in [0.25, 0.3) is 0 Å². The van der Waals surface area contributed by atoms with Crippen molar-refractivity contribution < 1.29 is 28.9 Å². The first-order chi connectivity index (χ1) is 17.4. The number of rotatable bonds is 6. The lowest BCUT2D eigenvalue weighted by molar-refractivity contribution is -0.149. The molecule has 0 radical (unpaired) electrons. The molecule has 194 valence electrons. The SMILES string of the molecule is COc1ccccc1CNC(=O)C[C@@H]1CC[C@H]2[C@@H](COC[C@@H](O)CN2C(=O)Nc2ccc(Cl)cc2)O1. The standard InChI is InChI=1S/C26H32ClN3O6/c1-34-23-5-3-2-4-17(23)13-28-25(32)12-21-10-11-22-24(36-21)16-35-15-20(31)14-30(22)26(33)29-19-8-6-18(27)7-9-19/h2-9,20-22,24,31H,10-16H2,1H3,(H,28,32)(H,29,33)/t20-,21-,22-,24+/m0/s1. The van der Waals surface area contributed by atoms with Crippen molar-refractivity contribution in [2.45, 2.75) is 50.2 Å². The summed E-state index contributed by atoms with van der Waals surface area (Å²) in [6.07, 6.45) is -0.0750. The van der Waals surface area contributed by atoms with Gasteiger partial charge in [-0.2, -0.15) is 0 Å². The van der Waals surface area contributed by atoms with Crippen LogP contribution in [0.3, 0.4) is 0 Å². The zero-order valence-corrected chi connectivity index (χ0v) is 20.9. The number of fused-ring (bicyclic) bond motifs is 1. The number of carbonyl (C=O) groups is 2. The number of urea groups is 1. The second-order valence-corrected chi connectivity index (χ2v) is 9.45. The van der Waals surface area contributed by atoms with Gasteiger partial charge in [0.2, 0.25) is 5.91 Å². The molecule has 2 aliphatic heterocycles. The number of amides is 3. The van der Waals surface area contributed by atoms with E-state index in [1.807, 2.05) is 24.3 Å². The van der Waals surface area contributed by atoms with Crippen molar-refractivity contribution in [3.05, 3.63) is 59.1 Å². The van der Waals surface area contributed by atoms with E-state index in [0.717, 1.165) is 11.3 Å².